The molecule has 0 N–H and O–H groups in total. The summed E-state index contributed by atoms with van der Waals surface area (Å²) in [5, 5.41) is 0. The molecule has 2 nitrogen and oxygen atoms in total. The lowest BCUT2D eigenvalue weighted by Crippen LogP contribution is -2.25. The molecule has 134 valence electrons. The van der Waals surface area contributed by atoms with Crippen LogP contribution in [0.2, 0.25) is 0 Å². The van der Waals surface area contributed by atoms with Crippen LogP contribution < -0.4 is 4.74 Å². The van der Waals surface area contributed by atoms with E-state index in [1.807, 2.05) is 0 Å². The third-order valence-corrected chi connectivity index (χ3v) is 5.39. The number of hydrogen-bond acceptors (Lipinski definition) is 3. The van der Waals surface area contributed by atoms with Gasteiger partial charge in [0.15, 0.2) is 0 Å². The van der Waals surface area contributed by atoms with E-state index >= 15 is 0 Å². The van der Waals surface area contributed by atoms with Crippen molar-refractivity contribution in [2.75, 3.05) is 0 Å². The first-order valence-corrected chi connectivity index (χ1v) is 9.73. The summed E-state index contributed by atoms with van der Waals surface area (Å²) in [4.78, 5) is 12.7. The fourth-order valence-electron chi connectivity index (χ4n) is 3.26. The smallest absolute Gasteiger partial charge is 0.314 e. The summed E-state index contributed by atoms with van der Waals surface area (Å²) < 4.78 is 30.0. The number of hydrogen-bond donors (Lipinski definition) is 0. The van der Waals surface area contributed by atoms with E-state index < -0.39 is 5.76 Å². The van der Waals surface area contributed by atoms with Gasteiger partial charge < -0.3 is 4.74 Å². The molecule has 0 heterocycles. The van der Waals surface area contributed by atoms with Gasteiger partial charge in [0.2, 0.25) is 0 Å². The van der Waals surface area contributed by atoms with Crippen LogP contribution in [-0.2, 0) is 4.79 Å². The zero-order valence-electron chi connectivity index (χ0n) is 14.2. The predicted octanol–water partition coefficient (Wildman–Crippen LogP) is 6.29. The Bertz CT molecular complexity index is 497. The molecule has 1 fully saturated rings. The van der Waals surface area contributed by atoms with Crippen LogP contribution in [-0.4, -0.2) is 11.7 Å². The molecule has 0 unspecified atom stereocenters. The number of alkyl halides is 2. The standard InChI is InChI=1S/C19H26F2O2S/c1-2-3-4-5-14-6-8-15(9-7-14)18(22)23-16-10-12-17(13-11-16)24-19(20)21/h10-15,19H,2-9H2,1H3/t14-,15-. The van der Waals surface area contributed by atoms with E-state index in [1.54, 1.807) is 24.3 Å². The van der Waals surface area contributed by atoms with E-state index in [9.17, 15) is 13.6 Å². The molecule has 0 aromatic heterocycles. The van der Waals surface area contributed by atoms with Gasteiger partial charge in [0.25, 0.3) is 5.76 Å². The molecule has 2 rings (SSSR count). The molecular weight excluding hydrogens is 330 g/mol. The van der Waals surface area contributed by atoms with Crippen molar-refractivity contribution >= 4 is 17.7 Å². The van der Waals surface area contributed by atoms with Crippen LogP contribution in [0.1, 0.15) is 58.3 Å². The molecule has 0 aliphatic heterocycles. The maximum atomic E-state index is 12.3. The average molecular weight is 356 g/mol. The summed E-state index contributed by atoms with van der Waals surface area (Å²) in [7, 11) is 0. The predicted molar refractivity (Wildman–Crippen MR) is 93.5 cm³/mol. The highest BCUT2D eigenvalue weighted by molar-refractivity contribution is 7.99. The highest BCUT2D eigenvalue weighted by atomic mass is 32.2. The lowest BCUT2D eigenvalue weighted by Gasteiger charge is -2.27. The number of thioether (sulfide) groups is 1. The second-order valence-corrected chi connectivity index (χ2v) is 7.55. The van der Waals surface area contributed by atoms with Crippen molar-refractivity contribution in [1.29, 1.82) is 0 Å². The number of esters is 1. The van der Waals surface area contributed by atoms with Crippen LogP contribution in [0.3, 0.4) is 0 Å². The van der Waals surface area contributed by atoms with Gasteiger partial charge in [-0.05, 0) is 55.9 Å². The Balaban J connectivity index is 1.75. The van der Waals surface area contributed by atoms with Crippen molar-refractivity contribution in [3.63, 3.8) is 0 Å². The molecule has 0 bridgehead atoms. The normalized spacial score (nSPS) is 21.0. The maximum Gasteiger partial charge on any atom is 0.314 e. The van der Waals surface area contributed by atoms with Crippen molar-refractivity contribution in [3.05, 3.63) is 24.3 Å². The van der Waals surface area contributed by atoms with Gasteiger partial charge >= 0.3 is 5.97 Å². The van der Waals surface area contributed by atoms with Crippen molar-refractivity contribution in [3.8, 4) is 5.75 Å². The summed E-state index contributed by atoms with van der Waals surface area (Å²) >= 11 is 0.488. The molecule has 1 saturated carbocycles. The third kappa shape index (κ3) is 6.42. The van der Waals surface area contributed by atoms with Crippen LogP contribution in [0, 0.1) is 11.8 Å². The van der Waals surface area contributed by atoms with Gasteiger partial charge in [-0.2, -0.15) is 8.78 Å². The van der Waals surface area contributed by atoms with Crippen molar-refractivity contribution in [2.24, 2.45) is 11.8 Å². The Morgan fingerprint density at radius 1 is 1.17 bits per heavy atom. The largest absolute Gasteiger partial charge is 0.426 e. The van der Waals surface area contributed by atoms with Crippen molar-refractivity contribution in [2.45, 2.75) is 68.9 Å². The number of benzene rings is 1. The number of carbonyl (C=O) groups excluding carboxylic acids is 1. The molecule has 0 radical (unpaired) electrons. The second kappa shape index (κ2) is 10.0. The molecule has 0 amide bonds. The molecule has 1 aromatic rings. The monoisotopic (exact) mass is 356 g/mol. The fourth-order valence-corrected chi connectivity index (χ4v) is 3.76. The summed E-state index contributed by atoms with van der Waals surface area (Å²) in [5.41, 5.74) is 0. The van der Waals surface area contributed by atoms with Gasteiger partial charge in [-0.1, -0.05) is 44.4 Å². The molecule has 24 heavy (non-hydrogen) atoms. The highest BCUT2D eigenvalue weighted by Gasteiger charge is 2.27. The minimum atomic E-state index is -2.44. The highest BCUT2D eigenvalue weighted by Crippen LogP contribution is 2.33. The summed E-state index contributed by atoms with van der Waals surface area (Å²) in [6.07, 6.45) is 9.11. The number of unbranched alkanes of at least 4 members (excludes halogenated alkanes) is 2. The minimum absolute atomic E-state index is 0.0254. The summed E-state index contributed by atoms with van der Waals surface area (Å²) in [5.74, 6) is -1.46. The SMILES string of the molecule is CCCCC[C@H]1CC[C@H](C(=O)Oc2ccc(SC(F)F)cc2)CC1. The van der Waals surface area contributed by atoms with Crippen LogP contribution in [0.25, 0.3) is 0 Å². The molecule has 5 heteroatoms. The Morgan fingerprint density at radius 2 is 1.83 bits per heavy atom. The number of ether oxygens (including phenoxy) is 1. The zero-order chi connectivity index (χ0) is 17.4. The van der Waals surface area contributed by atoms with E-state index in [4.69, 9.17) is 4.74 Å². The fraction of sp³-hybridized carbons (Fsp3) is 0.632. The first-order chi connectivity index (χ1) is 11.6. The van der Waals surface area contributed by atoms with E-state index in [0.29, 0.717) is 22.4 Å². The summed E-state index contributed by atoms with van der Waals surface area (Å²) in [6, 6.07) is 6.28. The van der Waals surface area contributed by atoms with Gasteiger partial charge in [0, 0.05) is 4.90 Å². The van der Waals surface area contributed by atoms with E-state index in [2.05, 4.69) is 6.92 Å². The number of halogens is 2. The number of carbonyl (C=O) groups is 1. The zero-order valence-corrected chi connectivity index (χ0v) is 15.0. The van der Waals surface area contributed by atoms with E-state index in [1.165, 1.54) is 25.7 Å². The topological polar surface area (TPSA) is 26.3 Å². The first-order valence-electron chi connectivity index (χ1n) is 8.85. The Morgan fingerprint density at radius 3 is 2.42 bits per heavy atom. The molecule has 0 saturated heterocycles. The van der Waals surface area contributed by atoms with Crippen molar-refractivity contribution < 1.29 is 18.3 Å². The molecule has 1 aromatic carbocycles. The second-order valence-electron chi connectivity index (χ2n) is 6.48. The van der Waals surface area contributed by atoms with Crippen LogP contribution in [0.5, 0.6) is 5.75 Å². The van der Waals surface area contributed by atoms with Crippen molar-refractivity contribution in [1.82, 2.24) is 0 Å². The minimum Gasteiger partial charge on any atom is -0.426 e. The molecular formula is C19H26F2O2S. The van der Waals surface area contributed by atoms with Crippen LogP contribution >= 0.6 is 11.8 Å². The Labute approximate surface area is 147 Å². The first kappa shape index (κ1) is 19.2. The Kier molecular flexibility index (Phi) is 8.03. The summed E-state index contributed by atoms with van der Waals surface area (Å²) in [6.45, 7) is 2.21. The molecule has 0 atom stereocenters. The quantitative estimate of drug-likeness (QED) is 0.237. The van der Waals surface area contributed by atoms with Gasteiger partial charge in [0.1, 0.15) is 5.75 Å². The van der Waals surface area contributed by atoms with Crippen LogP contribution in [0.15, 0.2) is 29.2 Å². The number of rotatable bonds is 8. The lowest BCUT2D eigenvalue weighted by molar-refractivity contribution is -0.140. The van der Waals surface area contributed by atoms with Gasteiger partial charge in [-0.25, -0.2) is 0 Å². The maximum absolute atomic E-state index is 12.3. The molecule has 0 spiro atoms. The Hall–Kier alpha value is -1.10. The van der Waals surface area contributed by atoms with Gasteiger partial charge in [0.05, 0.1) is 5.92 Å². The third-order valence-electron chi connectivity index (χ3n) is 4.66. The molecule has 1 aliphatic carbocycles. The average Bonchev–Trinajstić information content (AvgIpc) is 2.57. The van der Waals surface area contributed by atoms with Crippen LogP contribution in [0.4, 0.5) is 8.78 Å². The van der Waals surface area contributed by atoms with Gasteiger partial charge in [-0.3, -0.25) is 4.79 Å². The lowest BCUT2D eigenvalue weighted by atomic mass is 9.80. The molecule has 1 aliphatic rings. The van der Waals surface area contributed by atoms with E-state index in [-0.39, 0.29) is 11.9 Å². The van der Waals surface area contributed by atoms with Gasteiger partial charge in [-0.15, -0.1) is 0 Å². The van der Waals surface area contributed by atoms with E-state index in [0.717, 1.165) is 31.6 Å².